The number of rotatable bonds is 3. The van der Waals surface area contributed by atoms with Crippen LogP contribution < -0.4 is 14.8 Å². The summed E-state index contributed by atoms with van der Waals surface area (Å²) in [6, 6.07) is 2.73. The number of fused-ring (bicyclic) bond motifs is 1. The summed E-state index contributed by atoms with van der Waals surface area (Å²) in [5.41, 5.74) is 0.709. The molecule has 1 aliphatic heterocycles. The molecule has 0 saturated carbocycles. The maximum atomic E-state index is 12.5. The Bertz CT molecular complexity index is 920. The number of carbonyl (C=O) groups excluding carboxylic acids is 2. The Balaban J connectivity index is 1.95. The van der Waals surface area contributed by atoms with Gasteiger partial charge in [0.15, 0.2) is 12.5 Å². The number of sulfonamides is 1. The molecular formula is C14H13N3O6S. The molecule has 0 radical (unpaired) electrons. The minimum atomic E-state index is -4.16. The van der Waals surface area contributed by atoms with Gasteiger partial charge in [-0.25, -0.2) is 18.1 Å². The summed E-state index contributed by atoms with van der Waals surface area (Å²) in [5, 5.41) is 2.62. The molecule has 1 aromatic heterocycles. The topological polar surface area (TPSA) is 128 Å². The maximum absolute atomic E-state index is 12.5. The van der Waals surface area contributed by atoms with Crippen LogP contribution in [-0.2, 0) is 14.8 Å². The molecule has 1 aliphatic rings. The zero-order chi connectivity index (χ0) is 17.5. The molecule has 126 valence electrons. The van der Waals surface area contributed by atoms with Crippen molar-refractivity contribution in [3.05, 3.63) is 36.0 Å². The molecule has 0 aliphatic carbocycles. The molecule has 0 unspecified atom stereocenters. The molecule has 2 amide bonds. The number of hydrogen-bond acceptors (Lipinski definition) is 7. The number of amides is 2. The summed E-state index contributed by atoms with van der Waals surface area (Å²) in [6.45, 7) is 3.08. The first-order valence-electron chi connectivity index (χ1n) is 6.86. The average Bonchev–Trinajstić information content (AvgIpc) is 3.02. The second-order valence-corrected chi connectivity index (χ2v) is 6.81. The van der Waals surface area contributed by atoms with Crippen LogP contribution in [0.2, 0.25) is 0 Å². The fourth-order valence-corrected chi connectivity index (χ4v) is 3.39. The van der Waals surface area contributed by atoms with Gasteiger partial charge in [-0.2, -0.15) is 0 Å². The summed E-state index contributed by atoms with van der Waals surface area (Å²) >= 11 is 0. The van der Waals surface area contributed by atoms with Crippen molar-refractivity contribution in [3.63, 3.8) is 0 Å². The summed E-state index contributed by atoms with van der Waals surface area (Å²) in [4.78, 5) is 26.9. The summed E-state index contributed by atoms with van der Waals surface area (Å²) in [7, 11) is -4.16. The van der Waals surface area contributed by atoms with Gasteiger partial charge in [0.25, 0.3) is 15.9 Å². The highest BCUT2D eigenvalue weighted by molar-refractivity contribution is 7.90. The van der Waals surface area contributed by atoms with Gasteiger partial charge < -0.3 is 14.5 Å². The van der Waals surface area contributed by atoms with Crippen LogP contribution in [0.4, 0.5) is 5.69 Å². The van der Waals surface area contributed by atoms with Gasteiger partial charge in [-0.15, -0.1) is 0 Å². The second kappa shape index (κ2) is 5.64. The first-order valence-corrected chi connectivity index (χ1v) is 8.34. The number of benzene rings is 1. The highest BCUT2D eigenvalue weighted by Gasteiger charge is 2.28. The zero-order valence-electron chi connectivity index (χ0n) is 12.7. The predicted octanol–water partition coefficient (Wildman–Crippen LogP) is 0.821. The van der Waals surface area contributed by atoms with E-state index in [0.717, 1.165) is 12.6 Å². The Morgan fingerprint density at radius 2 is 2.12 bits per heavy atom. The van der Waals surface area contributed by atoms with Crippen molar-refractivity contribution >= 4 is 27.5 Å². The Morgan fingerprint density at radius 1 is 1.38 bits per heavy atom. The third-order valence-electron chi connectivity index (χ3n) is 3.38. The molecule has 2 N–H and O–H groups in total. The Labute approximate surface area is 137 Å². The molecule has 1 aromatic carbocycles. The lowest BCUT2D eigenvalue weighted by Crippen LogP contribution is -2.35. The average molecular weight is 351 g/mol. The molecule has 0 spiro atoms. The van der Waals surface area contributed by atoms with Crippen LogP contribution in [0.1, 0.15) is 23.0 Å². The van der Waals surface area contributed by atoms with E-state index in [1.54, 1.807) is 0 Å². The van der Waals surface area contributed by atoms with Crippen molar-refractivity contribution in [2.24, 2.45) is 0 Å². The van der Waals surface area contributed by atoms with Crippen molar-refractivity contribution in [3.8, 4) is 5.75 Å². The van der Waals surface area contributed by atoms with Gasteiger partial charge >= 0.3 is 5.91 Å². The molecule has 0 bridgehead atoms. The maximum Gasteiger partial charge on any atom is 0.302 e. The lowest BCUT2D eigenvalue weighted by molar-refractivity contribution is -0.122. The highest BCUT2D eigenvalue weighted by Crippen LogP contribution is 2.34. The van der Waals surface area contributed by atoms with Crippen molar-refractivity contribution < 1.29 is 27.2 Å². The largest absolute Gasteiger partial charge is 0.479 e. The summed E-state index contributed by atoms with van der Waals surface area (Å²) in [6.07, 6.45) is 1.37. The van der Waals surface area contributed by atoms with E-state index in [-0.39, 0.29) is 22.3 Å². The van der Waals surface area contributed by atoms with Gasteiger partial charge in [0, 0.05) is 6.07 Å². The van der Waals surface area contributed by atoms with Gasteiger partial charge in [-0.1, -0.05) is 0 Å². The van der Waals surface area contributed by atoms with E-state index in [1.807, 2.05) is 4.72 Å². The number of nitrogens with zero attached hydrogens (tertiary/aromatic N) is 1. The second-order valence-electron chi connectivity index (χ2n) is 5.16. The standard InChI is InChI=1S/C14H13N3O6S/c1-7-3-9-10(23-8(2)13(18)16-9)4-12(7)24(20,21)17-14(19)11-5-15-6-22-11/h3-6,8H,1-2H3,(H,16,18)(H,17,19)/t8-/m1/s1. The monoisotopic (exact) mass is 351 g/mol. The molecular weight excluding hydrogens is 338 g/mol. The van der Waals surface area contributed by atoms with Crippen LogP contribution in [-0.4, -0.2) is 31.3 Å². The van der Waals surface area contributed by atoms with Crippen molar-refractivity contribution in [2.75, 3.05) is 5.32 Å². The number of aryl methyl sites for hydroxylation is 1. The fraction of sp³-hybridized carbons (Fsp3) is 0.214. The van der Waals surface area contributed by atoms with Crippen LogP contribution in [0, 0.1) is 6.92 Å². The summed E-state index contributed by atoms with van der Waals surface area (Å²) < 4.78 is 37.0. The van der Waals surface area contributed by atoms with Crippen LogP contribution in [0.25, 0.3) is 0 Å². The van der Waals surface area contributed by atoms with Gasteiger partial charge in [-0.05, 0) is 25.5 Å². The molecule has 2 heterocycles. The minimum absolute atomic E-state index is 0.141. The van der Waals surface area contributed by atoms with Gasteiger partial charge in [0.1, 0.15) is 5.75 Å². The number of nitrogens with one attached hydrogen (secondary N) is 2. The van der Waals surface area contributed by atoms with Crippen molar-refractivity contribution in [2.45, 2.75) is 24.8 Å². The minimum Gasteiger partial charge on any atom is -0.479 e. The molecule has 3 rings (SSSR count). The third-order valence-corrected chi connectivity index (χ3v) is 4.85. The SMILES string of the molecule is Cc1cc2c(cc1S(=O)(=O)NC(=O)c1cnco1)O[C@H](C)C(=O)N2. The number of carbonyl (C=O) groups is 2. The fourth-order valence-electron chi connectivity index (χ4n) is 2.19. The van der Waals surface area contributed by atoms with Crippen molar-refractivity contribution in [1.82, 2.24) is 9.71 Å². The van der Waals surface area contributed by atoms with E-state index in [9.17, 15) is 18.0 Å². The van der Waals surface area contributed by atoms with Crippen LogP contribution in [0.3, 0.4) is 0 Å². The Kier molecular flexibility index (Phi) is 3.76. The Hall–Kier alpha value is -2.88. The van der Waals surface area contributed by atoms with E-state index < -0.39 is 22.0 Å². The first kappa shape index (κ1) is 16.0. The molecule has 1 atom stereocenters. The van der Waals surface area contributed by atoms with E-state index in [1.165, 1.54) is 26.0 Å². The number of oxazole rings is 1. The quantitative estimate of drug-likeness (QED) is 0.838. The smallest absolute Gasteiger partial charge is 0.302 e. The third kappa shape index (κ3) is 2.83. The van der Waals surface area contributed by atoms with E-state index in [4.69, 9.17) is 9.15 Å². The lowest BCUT2D eigenvalue weighted by Gasteiger charge is -2.24. The number of anilines is 1. The number of ether oxygens (including phenoxy) is 1. The molecule has 10 heteroatoms. The van der Waals surface area contributed by atoms with Crippen LogP contribution in [0.5, 0.6) is 5.75 Å². The van der Waals surface area contributed by atoms with E-state index in [2.05, 4.69) is 10.3 Å². The van der Waals surface area contributed by atoms with Crippen molar-refractivity contribution in [1.29, 1.82) is 0 Å². The number of aromatic nitrogens is 1. The molecule has 24 heavy (non-hydrogen) atoms. The summed E-state index contributed by atoms with van der Waals surface area (Å²) in [5.74, 6) is -1.28. The first-order chi connectivity index (χ1) is 11.3. The van der Waals surface area contributed by atoms with E-state index in [0.29, 0.717) is 11.3 Å². The Morgan fingerprint density at radius 3 is 2.79 bits per heavy atom. The lowest BCUT2D eigenvalue weighted by atomic mass is 10.1. The molecule has 9 nitrogen and oxygen atoms in total. The molecule has 0 fully saturated rings. The van der Waals surface area contributed by atoms with Gasteiger partial charge in [-0.3, -0.25) is 9.59 Å². The van der Waals surface area contributed by atoms with Crippen LogP contribution >= 0.6 is 0 Å². The predicted molar refractivity (Wildman–Crippen MR) is 81.1 cm³/mol. The zero-order valence-corrected chi connectivity index (χ0v) is 13.5. The van der Waals surface area contributed by atoms with Gasteiger partial charge in [0.05, 0.1) is 16.8 Å². The molecule has 2 aromatic rings. The normalized spacial score (nSPS) is 16.8. The molecule has 0 saturated heterocycles. The highest BCUT2D eigenvalue weighted by atomic mass is 32.2. The van der Waals surface area contributed by atoms with Gasteiger partial charge in [0.2, 0.25) is 5.76 Å². The number of hydrogen-bond donors (Lipinski definition) is 2. The van der Waals surface area contributed by atoms with E-state index >= 15 is 0 Å². The van der Waals surface area contributed by atoms with Crippen LogP contribution in [0.15, 0.2) is 34.0 Å².